The molecule has 0 amide bonds. The van der Waals surface area contributed by atoms with Gasteiger partial charge in [-0.15, -0.1) is 24.0 Å². The van der Waals surface area contributed by atoms with Crippen LogP contribution in [0.5, 0.6) is 0 Å². The largest absolute Gasteiger partial charge is 0.373 e. The SMILES string of the molecule is CCNC(=NCCCOC1CCCc2ccccc21)NC1CC2CCC1O2.I. The molecule has 6 heteroatoms. The molecule has 4 rings (SSSR count). The highest BCUT2D eigenvalue weighted by Crippen LogP contribution is 2.34. The van der Waals surface area contributed by atoms with Crippen molar-refractivity contribution in [2.24, 2.45) is 4.99 Å². The quantitative estimate of drug-likeness (QED) is 0.258. The van der Waals surface area contributed by atoms with Gasteiger partial charge in [-0.2, -0.15) is 0 Å². The van der Waals surface area contributed by atoms with Gasteiger partial charge in [0.2, 0.25) is 0 Å². The summed E-state index contributed by atoms with van der Waals surface area (Å²) >= 11 is 0. The molecule has 2 bridgehead atoms. The van der Waals surface area contributed by atoms with Gasteiger partial charge < -0.3 is 20.1 Å². The lowest BCUT2D eigenvalue weighted by atomic mass is 9.89. The Morgan fingerprint density at radius 2 is 2.14 bits per heavy atom. The Morgan fingerprint density at radius 1 is 1.25 bits per heavy atom. The number of ether oxygens (including phenoxy) is 2. The molecular weight excluding hydrogens is 465 g/mol. The van der Waals surface area contributed by atoms with E-state index in [1.54, 1.807) is 0 Å². The summed E-state index contributed by atoms with van der Waals surface area (Å²) in [4.78, 5) is 4.75. The van der Waals surface area contributed by atoms with Gasteiger partial charge in [-0.1, -0.05) is 24.3 Å². The van der Waals surface area contributed by atoms with Crippen LogP contribution in [0.2, 0.25) is 0 Å². The normalized spacial score (nSPS) is 28.5. The van der Waals surface area contributed by atoms with Crippen LogP contribution in [-0.4, -0.2) is 43.9 Å². The van der Waals surface area contributed by atoms with Gasteiger partial charge in [-0.25, -0.2) is 0 Å². The van der Waals surface area contributed by atoms with Gasteiger partial charge in [0.15, 0.2) is 5.96 Å². The first-order valence-corrected chi connectivity index (χ1v) is 10.7. The van der Waals surface area contributed by atoms with Crippen molar-refractivity contribution >= 4 is 29.9 Å². The predicted octanol–water partition coefficient (Wildman–Crippen LogP) is 3.96. The standard InChI is InChI=1S/C22H33N3O2.HI/c1-2-23-22(25-19-15-17-11-12-21(19)27-17)24-13-6-14-26-20-10-5-8-16-7-3-4-9-18(16)20;/h3-4,7,9,17,19-21H,2,5-6,8,10-15H2,1H3,(H2,23,24,25);1H. The number of guanidine groups is 1. The highest BCUT2D eigenvalue weighted by atomic mass is 127. The van der Waals surface area contributed by atoms with E-state index >= 15 is 0 Å². The summed E-state index contributed by atoms with van der Waals surface area (Å²) in [7, 11) is 0. The molecule has 2 aliphatic heterocycles. The monoisotopic (exact) mass is 499 g/mol. The fraction of sp³-hybridized carbons (Fsp3) is 0.682. The van der Waals surface area contributed by atoms with E-state index in [2.05, 4.69) is 41.8 Å². The molecule has 4 unspecified atom stereocenters. The van der Waals surface area contributed by atoms with E-state index in [1.165, 1.54) is 36.8 Å². The number of hydrogen-bond acceptors (Lipinski definition) is 3. The van der Waals surface area contributed by atoms with E-state index in [1.807, 2.05) is 0 Å². The Bertz CT molecular complexity index is 654. The molecule has 1 aromatic rings. The molecule has 156 valence electrons. The van der Waals surface area contributed by atoms with E-state index in [-0.39, 0.29) is 30.1 Å². The maximum atomic E-state index is 6.19. The van der Waals surface area contributed by atoms with Crippen LogP contribution in [-0.2, 0) is 15.9 Å². The van der Waals surface area contributed by atoms with Crippen LogP contribution in [0.4, 0.5) is 0 Å². The molecular formula is C22H34IN3O2. The van der Waals surface area contributed by atoms with Crippen molar-refractivity contribution in [3.8, 4) is 0 Å². The summed E-state index contributed by atoms with van der Waals surface area (Å²) in [5, 5.41) is 6.94. The molecule has 2 saturated heterocycles. The summed E-state index contributed by atoms with van der Waals surface area (Å²) in [5.41, 5.74) is 2.84. The first-order valence-electron chi connectivity index (χ1n) is 10.7. The van der Waals surface area contributed by atoms with Gasteiger partial charge in [-0.3, -0.25) is 4.99 Å². The van der Waals surface area contributed by atoms with Crippen molar-refractivity contribution in [2.45, 2.75) is 76.2 Å². The third-order valence-electron chi connectivity index (χ3n) is 5.98. The minimum atomic E-state index is 0. The maximum Gasteiger partial charge on any atom is 0.191 e. The zero-order chi connectivity index (χ0) is 18.5. The molecule has 1 aromatic carbocycles. The van der Waals surface area contributed by atoms with Crippen LogP contribution >= 0.6 is 24.0 Å². The Morgan fingerprint density at radius 3 is 2.93 bits per heavy atom. The molecule has 3 aliphatic rings. The molecule has 28 heavy (non-hydrogen) atoms. The van der Waals surface area contributed by atoms with Gasteiger partial charge in [0.25, 0.3) is 0 Å². The van der Waals surface area contributed by atoms with Gasteiger partial charge >= 0.3 is 0 Å². The molecule has 0 saturated carbocycles. The second-order valence-corrected chi connectivity index (χ2v) is 7.93. The smallest absolute Gasteiger partial charge is 0.191 e. The summed E-state index contributed by atoms with van der Waals surface area (Å²) in [6.07, 6.45) is 9.09. The van der Waals surface area contributed by atoms with Crippen LogP contribution in [0.3, 0.4) is 0 Å². The minimum absolute atomic E-state index is 0. The fourth-order valence-electron chi connectivity index (χ4n) is 4.65. The summed E-state index contributed by atoms with van der Waals surface area (Å²) in [6.45, 7) is 4.53. The topological polar surface area (TPSA) is 54.9 Å². The number of halogens is 1. The number of nitrogens with zero attached hydrogens (tertiary/aromatic N) is 1. The Balaban J connectivity index is 0.00000225. The molecule has 0 radical (unpaired) electrons. The first-order chi connectivity index (χ1) is 13.3. The van der Waals surface area contributed by atoms with Crippen molar-refractivity contribution in [1.82, 2.24) is 10.6 Å². The highest BCUT2D eigenvalue weighted by molar-refractivity contribution is 14.0. The van der Waals surface area contributed by atoms with Crippen molar-refractivity contribution in [2.75, 3.05) is 19.7 Å². The van der Waals surface area contributed by atoms with Gasteiger partial charge in [0.1, 0.15) is 0 Å². The molecule has 0 spiro atoms. The lowest BCUT2D eigenvalue weighted by molar-refractivity contribution is 0.0402. The van der Waals surface area contributed by atoms with Crippen LogP contribution in [0.1, 0.15) is 62.7 Å². The third-order valence-corrected chi connectivity index (χ3v) is 5.98. The molecule has 2 fully saturated rings. The van der Waals surface area contributed by atoms with Crippen LogP contribution in [0.25, 0.3) is 0 Å². The van der Waals surface area contributed by atoms with E-state index < -0.39 is 0 Å². The number of hydrogen-bond donors (Lipinski definition) is 2. The van der Waals surface area contributed by atoms with Crippen molar-refractivity contribution in [3.63, 3.8) is 0 Å². The molecule has 1 aliphatic carbocycles. The molecule has 2 N–H and O–H groups in total. The number of nitrogens with one attached hydrogen (secondary N) is 2. The third kappa shape index (κ3) is 5.39. The second kappa shape index (κ2) is 10.8. The highest BCUT2D eigenvalue weighted by Gasteiger charge is 2.41. The van der Waals surface area contributed by atoms with Crippen LogP contribution < -0.4 is 10.6 Å². The van der Waals surface area contributed by atoms with Crippen LogP contribution in [0.15, 0.2) is 29.3 Å². The zero-order valence-corrected chi connectivity index (χ0v) is 19.2. The molecule has 0 aromatic heterocycles. The van der Waals surface area contributed by atoms with E-state index in [4.69, 9.17) is 14.5 Å². The van der Waals surface area contributed by atoms with Crippen molar-refractivity contribution in [3.05, 3.63) is 35.4 Å². The fourth-order valence-corrected chi connectivity index (χ4v) is 4.65. The average molecular weight is 499 g/mol. The Kier molecular flexibility index (Phi) is 8.41. The van der Waals surface area contributed by atoms with Gasteiger partial charge in [0, 0.05) is 19.7 Å². The van der Waals surface area contributed by atoms with E-state index in [0.717, 1.165) is 44.9 Å². The van der Waals surface area contributed by atoms with Crippen LogP contribution in [0, 0.1) is 0 Å². The summed E-state index contributed by atoms with van der Waals surface area (Å²) in [6, 6.07) is 9.13. The van der Waals surface area contributed by atoms with Gasteiger partial charge in [-0.05, 0) is 63.0 Å². The number of fused-ring (bicyclic) bond motifs is 3. The lowest BCUT2D eigenvalue weighted by Gasteiger charge is -2.25. The second-order valence-electron chi connectivity index (χ2n) is 7.93. The molecule has 2 heterocycles. The maximum absolute atomic E-state index is 6.19. The Hall–Kier alpha value is -0.860. The molecule has 5 nitrogen and oxygen atoms in total. The minimum Gasteiger partial charge on any atom is -0.373 e. The lowest BCUT2D eigenvalue weighted by Crippen LogP contribution is -2.47. The van der Waals surface area contributed by atoms with E-state index in [9.17, 15) is 0 Å². The summed E-state index contributed by atoms with van der Waals surface area (Å²) in [5.74, 6) is 0.918. The van der Waals surface area contributed by atoms with Crippen molar-refractivity contribution in [1.29, 1.82) is 0 Å². The number of benzene rings is 1. The summed E-state index contributed by atoms with van der Waals surface area (Å²) < 4.78 is 12.1. The average Bonchev–Trinajstić information content (AvgIpc) is 3.31. The first kappa shape index (κ1) is 21.8. The van der Waals surface area contributed by atoms with E-state index in [0.29, 0.717) is 18.2 Å². The van der Waals surface area contributed by atoms with Gasteiger partial charge in [0.05, 0.1) is 24.4 Å². The zero-order valence-electron chi connectivity index (χ0n) is 16.9. The Labute approximate surface area is 186 Å². The molecule has 4 atom stereocenters. The van der Waals surface area contributed by atoms with Crippen molar-refractivity contribution < 1.29 is 9.47 Å². The number of aliphatic imine (C=N–C) groups is 1. The number of rotatable bonds is 7. The predicted molar refractivity (Wildman–Crippen MR) is 124 cm³/mol. The number of aryl methyl sites for hydroxylation is 1.